The topological polar surface area (TPSA) is 106 Å². The largest absolute Gasteiger partial charge is 0.508 e. The number of H-pyrrole nitrogens is 1. The van der Waals surface area contributed by atoms with E-state index in [0.717, 1.165) is 46.3 Å². The smallest absolute Gasteiger partial charge is 0.164 e. The number of anilines is 1. The molecule has 0 saturated heterocycles. The maximum atomic E-state index is 9.63. The quantitative estimate of drug-likeness (QED) is 0.539. The van der Waals surface area contributed by atoms with Crippen LogP contribution in [0.15, 0.2) is 30.6 Å². The molecule has 0 atom stereocenters. The van der Waals surface area contributed by atoms with Crippen LogP contribution in [-0.4, -0.2) is 29.8 Å². The third-order valence-electron chi connectivity index (χ3n) is 3.85. The Bertz CT molecular complexity index is 1020. The van der Waals surface area contributed by atoms with Gasteiger partial charge in [-0.15, -0.1) is 0 Å². The normalized spacial score (nSPS) is 11.5. The van der Waals surface area contributed by atoms with Crippen LogP contribution < -0.4 is 5.73 Å². The molecule has 4 rings (SSSR count). The highest BCUT2D eigenvalue weighted by atomic mass is 16.3. The molecule has 0 spiro atoms. The standard InChI is InChI=1S/C16H16N6O/c1-2-5-22-16-13(15(17)18-8-19-16)14(21-22)12-7-9-6-10(23)3-4-11(9)20-12/h3-4,6-8,20,23H,2,5H2,1H3,(H2,17,18,19). The summed E-state index contributed by atoms with van der Waals surface area (Å²) >= 11 is 0. The summed E-state index contributed by atoms with van der Waals surface area (Å²) in [6.07, 6.45) is 2.40. The maximum Gasteiger partial charge on any atom is 0.164 e. The van der Waals surface area contributed by atoms with Gasteiger partial charge in [0, 0.05) is 17.4 Å². The highest BCUT2D eigenvalue weighted by Gasteiger charge is 2.18. The Morgan fingerprint density at radius 1 is 1.26 bits per heavy atom. The van der Waals surface area contributed by atoms with Crippen molar-refractivity contribution in [3.63, 3.8) is 0 Å². The van der Waals surface area contributed by atoms with E-state index >= 15 is 0 Å². The first kappa shape index (κ1) is 13.6. The number of hydrogen-bond acceptors (Lipinski definition) is 5. The number of aromatic nitrogens is 5. The second-order valence-electron chi connectivity index (χ2n) is 5.48. The average molecular weight is 308 g/mol. The Labute approximate surface area is 131 Å². The number of phenols is 1. The lowest BCUT2D eigenvalue weighted by Crippen LogP contribution is -2.00. The summed E-state index contributed by atoms with van der Waals surface area (Å²) in [6, 6.07) is 7.13. The van der Waals surface area contributed by atoms with Crippen LogP contribution in [0.25, 0.3) is 33.3 Å². The van der Waals surface area contributed by atoms with Crippen LogP contribution in [0, 0.1) is 0 Å². The molecule has 4 aromatic rings. The summed E-state index contributed by atoms with van der Waals surface area (Å²) in [7, 11) is 0. The lowest BCUT2D eigenvalue weighted by molar-refractivity contribution is 0.476. The van der Waals surface area contributed by atoms with Gasteiger partial charge in [0.15, 0.2) is 5.65 Å². The predicted molar refractivity (Wildman–Crippen MR) is 89.0 cm³/mol. The molecule has 0 aliphatic heterocycles. The van der Waals surface area contributed by atoms with E-state index in [1.165, 1.54) is 6.33 Å². The number of nitrogens with one attached hydrogen (secondary N) is 1. The van der Waals surface area contributed by atoms with Gasteiger partial charge in [0.25, 0.3) is 0 Å². The van der Waals surface area contributed by atoms with Crippen molar-refractivity contribution in [3.05, 3.63) is 30.6 Å². The fraction of sp³-hybridized carbons (Fsp3) is 0.188. The van der Waals surface area contributed by atoms with E-state index in [9.17, 15) is 5.11 Å². The highest BCUT2D eigenvalue weighted by molar-refractivity contribution is 5.99. The zero-order chi connectivity index (χ0) is 16.0. The Kier molecular flexibility index (Phi) is 2.94. The van der Waals surface area contributed by atoms with Gasteiger partial charge < -0.3 is 15.8 Å². The van der Waals surface area contributed by atoms with Gasteiger partial charge in [-0.05, 0) is 30.7 Å². The predicted octanol–water partition coefficient (Wildman–Crippen LogP) is 2.67. The first-order valence-electron chi connectivity index (χ1n) is 7.46. The van der Waals surface area contributed by atoms with Crippen molar-refractivity contribution in [2.75, 3.05) is 5.73 Å². The number of rotatable bonds is 3. The molecule has 0 radical (unpaired) electrons. The molecule has 0 fully saturated rings. The molecule has 0 aliphatic carbocycles. The van der Waals surface area contributed by atoms with Crippen LogP contribution in [0.1, 0.15) is 13.3 Å². The van der Waals surface area contributed by atoms with E-state index in [4.69, 9.17) is 5.73 Å². The molecule has 0 unspecified atom stereocenters. The van der Waals surface area contributed by atoms with Crippen molar-refractivity contribution in [1.29, 1.82) is 0 Å². The number of benzene rings is 1. The van der Waals surface area contributed by atoms with Crippen molar-refractivity contribution in [2.24, 2.45) is 0 Å². The van der Waals surface area contributed by atoms with Crippen LogP contribution >= 0.6 is 0 Å². The van der Waals surface area contributed by atoms with E-state index < -0.39 is 0 Å². The van der Waals surface area contributed by atoms with Gasteiger partial charge in [-0.25, -0.2) is 14.6 Å². The van der Waals surface area contributed by atoms with E-state index in [2.05, 4.69) is 27.0 Å². The van der Waals surface area contributed by atoms with Gasteiger partial charge in [0.2, 0.25) is 0 Å². The third-order valence-corrected chi connectivity index (χ3v) is 3.85. The van der Waals surface area contributed by atoms with Crippen molar-refractivity contribution < 1.29 is 5.11 Å². The second kappa shape index (κ2) is 4.98. The molecule has 0 amide bonds. The molecular weight excluding hydrogens is 292 g/mol. The minimum absolute atomic E-state index is 0.229. The molecule has 3 aromatic heterocycles. The number of fused-ring (bicyclic) bond motifs is 2. The Morgan fingerprint density at radius 3 is 2.96 bits per heavy atom. The minimum Gasteiger partial charge on any atom is -0.508 e. The molecule has 0 aliphatic rings. The number of aromatic amines is 1. The number of nitrogens with zero attached hydrogens (tertiary/aromatic N) is 4. The summed E-state index contributed by atoms with van der Waals surface area (Å²) in [4.78, 5) is 11.7. The average Bonchev–Trinajstić information content (AvgIpc) is 3.10. The molecule has 7 nitrogen and oxygen atoms in total. The van der Waals surface area contributed by atoms with Crippen LogP contribution in [-0.2, 0) is 6.54 Å². The van der Waals surface area contributed by atoms with Crippen molar-refractivity contribution in [2.45, 2.75) is 19.9 Å². The van der Waals surface area contributed by atoms with Gasteiger partial charge >= 0.3 is 0 Å². The van der Waals surface area contributed by atoms with E-state index in [1.807, 2.05) is 16.8 Å². The van der Waals surface area contributed by atoms with Crippen molar-refractivity contribution in [1.82, 2.24) is 24.7 Å². The Morgan fingerprint density at radius 2 is 2.13 bits per heavy atom. The number of aryl methyl sites for hydroxylation is 1. The van der Waals surface area contributed by atoms with Gasteiger partial charge in [0.05, 0.1) is 11.1 Å². The molecule has 1 aromatic carbocycles. The number of aromatic hydroxyl groups is 1. The Balaban J connectivity index is 1.99. The fourth-order valence-electron chi connectivity index (χ4n) is 2.83. The summed E-state index contributed by atoms with van der Waals surface area (Å²) in [5, 5.41) is 16.0. The van der Waals surface area contributed by atoms with Crippen LogP contribution in [0.3, 0.4) is 0 Å². The van der Waals surface area contributed by atoms with E-state index in [-0.39, 0.29) is 5.75 Å². The monoisotopic (exact) mass is 308 g/mol. The first-order chi connectivity index (χ1) is 11.2. The zero-order valence-electron chi connectivity index (χ0n) is 12.6. The molecule has 23 heavy (non-hydrogen) atoms. The van der Waals surface area contributed by atoms with Crippen LogP contribution in [0.4, 0.5) is 5.82 Å². The summed E-state index contributed by atoms with van der Waals surface area (Å²) in [6.45, 7) is 2.84. The third kappa shape index (κ3) is 2.09. The summed E-state index contributed by atoms with van der Waals surface area (Å²) in [5.74, 6) is 0.640. The highest BCUT2D eigenvalue weighted by Crippen LogP contribution is 2.32. The van der Waals surface area contributed by atoms with Gasteiger partial charge in [-0.2, -0.15) is 5.10 Å². The molecule has 3 heterocycles. The zero-order valence-corrected chi connectivity index (χ0v) is 12.6. The van der Waals surface area contributed by atoms with E-state index in [0.29, 0.717) is 5.82 Å². The molecule has 7 heteroatoms. The summed E-state index contributed by atoms with van der Waals surface area (Å²) < 4.78 is 1.85. The van der Waals surface area contributed by atoms with Crippen LogP contribution in [0.2, 0.25) is 0 Å². The van der Waals surface area contributed by atoms with Gasteiger partial charge in [-0.1, -0.05) is 6.92 Å². The second-order valence-corrected chi connectivity index (χ2v) is 5.48. The number of nitrogen functional groups attached to an aromatic ring is 1. The molecule has 0 bridgehead atoms. The van der Waals surface area contributed by atoms with E-state index in [1.54, 1.807) is 12.1 Å². The van der Waals surface area contributed by atoms with Crippen molar-refractivity contribution in [3.8, 4) is 17.1 Å². The lowest BCUT2D eigenvalue weighted by Gasteiger charge is -1.98. The minimum atomic E-state index is 0.229. The molecular formula is C16H16N6O. The molecule has 4 N–H and O–H groups in total. The van der Waals surface area contributed by atoms with Gasteiger partial charge in [0.1, 0.15) is 23.6 Å². The summed E-state index contributed by atoms with van der Waals surface area (Å²) in [5.41, 5.74) is 9.27. The van der Waals surface area contributed by atoms with Crippen molar-refractivity contribution >= 4 is 27.8 Å². The fourth-order valence-corrected chi connectivity index (χ4v) is 2.83. The lowest BCUT2D eigenvalue weighted by atomic mass is 10.2. The molecule has 0 saturated carbocycles. The number of phenolic OH excluding ortho intramolecular Hbond substituents is 1. The number of hydrogen-bond donors (Lipinski definition) is 3. The van der Waals surface area contributed by atoms with Crippen LogP contribution in [0.5, 0.6) is 5.75 Å². The SMILES string of the molecule is CCCn1nc(-c2cc3cc(O)ccc3[nH]2)c2c(N)ncnc21. The Hall–Kier alpha value is -3.09. The first-order valence-corrected chi connectivity index (χ1v) is 7.46. The molecule has 116 valence electrons. The maximum absolute atomic E-state index is 9.63. The van der Waals surface area contributed by atoms with Gasteiger partial charge in [-0.3, -0.25) is 0 Å². The number of nitrogens with two attached hydrogens (primary N) is 1.